The normalized spacial score (nSPS) is 8.25. The Balaban J connectivity index is 2.99. The minimum Gasteiger partial charge on any atom is -0.447 e. The van der Waals surface area contributed by atoms with Gasteiger partial charge in [0.2, 0.25) is 0 Å². The quantitative estimate of drug-likeness (QED) is 0.241. The van der Waals surface area contributed by atoms with Crippen molar-refractivity contribution in [1.29, 1.82) is 0 Å². The highest BCUT2D eigenvalue weighted by Gasteiger charge is 1.93. The summed E-state index contributed by atoms with van der Waals surface area (Å²) in [5.41, 5.74) is 1.78. The fraction of sp³-hybridized carbons (Fsp3) is 0.667. The van der Waals surface area contributed by atoms with Gasteiger partial charge in [-0.3, -0.25) is 5.43 Å². The van der Waals surface area contributed by atoms with Gasteiger partial charge in [0, 0.05) is 0 Å². The molecule has 0 atom stereocenters. The molecule has 0 saturated heterocycles. The molecule has 0 spiro atoms. The maximum absolute atomic E-state index is 10.1. The van der Waals surface area contributed by atoms with Crippen molar-refractivity contribution in [2.75, 3.05) is 12.5 Å². The van der Waals surface area contributed by atoms with Gasteiger partial charge in [0.15, 0.2) is 0 Å². The van der Waals surface area contributed by atoms with Gasteiger partial charge in [-0.2, -0.15) is 0 Å². The van der Waals surface area contributed by atoms with E-state index in [2.05, 4.69) is 10.6 Å². The van der Waals surface area contributed by atoms with Gasteiger partial charge < -0.3 is 4.74 Å². The van der Waals surface area contributed by atoms with Crippen molar-refractivity contribution in [3.63, 3.8) is 0 Å². The predicted octanol–water partition coefficient (Wildman–Crippen LogP) is -0.175. The first kappa shape index (κ1) is 7.52. The molecule has 0 rings (SSSR count). The highest BCUT2D eigenvalue weighted by atomic mass is 35.5. The van der Waals surface area contributed by atoms with E-state index in [1.807, 2.05) is 0 Å². The van der Waals surface area contributed by atoms with Crippen LogP contribution in [0.2, 0.25) is 0 Å². The second-order valence-corrected chi connectivity index (χ2v) is 1.35. The summed E-state index contributed by atoms with van der Waals surface area (Å²) in [6.45, 7) is 0.185. The van der Waals surface area contributed by atoms with Gasteiger partial charge in [-0.15, -0.1) is 11.6 Å². The van der Waals surface area contributed by atoms with E-state index in [1.165, 1.54) is 0 Å². The van der Waals surface area contributed by atoms with E-state index in [0.717, 1.165) is 0 Å². The molecule has 0 saturated carbocycles. The Labute approximate surface area is 51.9 Å². The molecule has 0 aromatic rings. The van der Waals surface area contributed by atoms with Gasteiger partial charge in [-0.1, -0.05) is 0 Å². The monoisotopic (exact) mass is 138 g/mol. The fourth-order valence-corrected chi connectivity index (χ4v) is 0.250. The third-order valence-electron chi connectivity index (χ3n) is 0.428. The van der Waals surface area contributed by atoms with Crippen LogP contribution in [0, 0.1) is 0 Å². The van der Waals surface area contributed by atoms with Crippen molar-refractivity contribution in [2.24, 2.45) is 5.84 Å². The third kappa shape index (κ3) is 3.70. The number of carbonyl (C=O) groups excluding carboxylic acids is 1. The lowest BCUT2D eigenvalue weighted by atomic mass is 10.9. The fourth-order valence-electron chi connectivity index (χ4n) is 0.173. The van der Waals surface area contributed by atoms with Crippen molar-refractivity contribution in [3.8, 4) is 0 Å². The summed E-state index contributed by atoms with van der Waals surface area (Å²) in [4.78, 5) is 10.1. The molecule has 0 fully saturated rings. The van der Waals surface area contributed by atoms with Crippen molar-refractivity contribution in [1.82, 2.24) is 5.43 Å². The summed E-state index contributed by atoms with van der Waals surface area (Å²) in [6, 6.07) is 0. The van der Waals surface area contributed by atoms with Gasteiger partial charge in [-0.05, 0) is 0 Å². The van der Waals surface area contributed by atoms with Gasteiger partial charge in [0.25, 0.3) is 0 Å². The lowest BCUT2D eigenvalue weighted by Gasteiger charge is -1.97. The van der Waals surface area contributed by atoms with Gasteiger partial charge >= 0.3 is 6.09 Å². The lowest BCUT2D eigenvalue weighted by molar-refractivity contribution is 0.153. The first-order valence-corrected chi connectivity index (χ1v) is 2.54. The van der Waals surface area contributed by atoms with Crippen LogP contribution in [0.4, 0.5) is 4.79 Å². The Morgan fingerprint density at radius 1 is 1.88 bits per heavy atom. The van der Waals surface area contributed by atoms with Crippen LogP contribution in [-0.4, -0.2) is 18.6 Å². The minimum absolute atomic E-state index is 0.185. The predicted molar refractivity (Wildman–Crippen MR) is 29.4 cm³/mol. The van der Waals surface area contributed by atoms with Crippen molar-refractivity contribution in [3.05, 3.63) is 0 Å². The molecule has 3 N–H and O–H groups in total. The SMILES string of the molecule is NNC(=O)OCCCl. The molecule has 0 aliphatic heterocycles. The smallest absolute Gasteiger partial charge is 0.421 e. The van der Waals surface area contributed by atoms with Crippen LogP contribution in [0.1, 0.15) is 0 Å². The molecule has 1 amide bonds. The molecule has 0 bridgehead atoms. The number of hydrogen-bond acceptors (Lipinski definition) is 3. The molecule has 0 aromatic heterocycles. The van der Waals surface area contributed by atoms with E-state index in [1.54, 1.807) is 5.43 Å². The zero-order valence-electron chi connectivity index (χ0n) is 4.19. The average Bonchev–Trinajstić information content (AvgIpc) is 1.83. The number of alkyl halides is 1. The van der Waals surface area contributed by atoms with Crippen LogP contribution in [-0.2, 0) is 4.74 Å². The molecule has 0 aliphatic rings. The molecule has 5 heteroatoms. The van der Waals surface area contributed by atoms with E-state index >= 15 is 0 Å². The Hall–Kier alpha value is -0.480. The summed E-state index contributed by atoms with van der Waals surface area (Å²) in [7, 11) is 0. The average molecular weight is 139 g/mol. The highest BCUT2D eigenvalue weighted by Crippen LogP contribution is 1.77. The highest BCUT2D eigenvalue weighted by molar-refractivity contribution is 6.18. The van der Waals surface area contributed by atoms with Crippen LogP contribution in [0.15, 0.2) is 0 Å². The lowest BCUT2D eigenvalue weighted by Crippen LogP contribution is -2.31. The minimum atomic E-state index is -0.661. The first-order valence-electron chi connectivity index (χ1n) is 2.00. The van der Waals surface area contributed by atoms with Crippen LogP contribution < -0.4 is 11.3 Å². The summed E-state index contributed by atoms with van der Waals surface area (Å²) in [5, 5.41) is 0. The maximum atomic E-state index is 10.1. The zero-order valence-corrected chi connectivity index (χ0v) is 4.94. The molecule has 4 nitrogen and oxygen atoms in total. The van der Waals surface area contributed by atoms with Gasteiger partial charge in [0.1, 0.15) is 6.61 Å². The second kappa shape index (κ2) is 4.67. The van der Waals surface area contributed by atoms with Crippen LogP contribution in [0.5, 0.6) is 0 Å². The van der Waals surface area contributed by atoms with Crippen LogP contribution in [0.25, 0.3) is 0 Å². The molecule has 0 heterocycles. The van der Waals surface area contributed by atoms with E-state index < -0.39 is 6.09 Å². The van der Waals surface area contributed by atoms with E-state index in [4.69, 9.17) is 11.6 Å². The Morgan fingerprint density at radius 2 is 2.50 bits per heavy atom. The van der Waals surface area contributed by atoms with E-state index in [-0.39, 0.29) is 12.5 Å². The number of halogens is 1. The molecule has 48 valence electrons. The van der Waals surface area contributed by atoms with Crippen LogP contribution >= 0.6 is 11.6 Å². The third-order valence-corrected chi connectivity index (χ3v) is 0.582. The number of amides is 1. The first-order chi connectivity index (χ1) is 3.81. The molecule has 0 unspecified atom stereocenters. The number of nitrogens with two attached hydrogens (primary N) is 1. The molecule has 0 radical (unpaired) electrons. The Kier molecular flexibility index (Phi) is 4.39. The largest absolute Gasteiger partial charge is 0.447 e. The van der Waals surface area contributed by atoms with Crippen LogP contribution in [0.3, 0.4) is 0 Å². The Morgan fingerprint density at radius 3 is 2.88 bits per heavy atom. The summed E-state index contributed by atoms with van der Waals surface area (Å²) < 4.78 is 4.33. The molecular weight excluding hydrogens is 131 g/mol. The topological polar surface area (TPSA) is 64.3 Å². The number of nitrogens with one attached hydrogen (secondary N) is 1. The second-order valence-electron chi connectivity index (χ2n) is 0.969. The summed E-state index contributed by atoms with van der Waals surface area (Å²) in [6.07, 6.45) is -0.661. The Bertz CT molecular complexity index is 77.7. The zero-order chi connectivity index (χ0) is 6.41. The number of ether oxygens (including phenoxy) is 1. The van der Waals surface area contributed by atoms with E-state index in [9.17, 15) is 4.79 Å². The maximum Gasteiger partial charge on any atom is 0.421 e. The molecular formula is C3H7ClN2O2. The van der Waals surface area contributed by atoms with Crippen molar-refractivity contribution < 1.29 is 9.53 Å². The van der Waals surface area contributed by atoms with Crippen molar-refractivity contribution >= 4 is 17.7 Å². The van der Waals surface area contributed by atoms with Gasteiger partial charge in [-0.25, -0.2) is 10.6 Å². The van der Waals surface area contributed by atoms with E-state index in [0.29, 0.717) is 0 Å². The number of carbonyl (C=O) groups is 1. The standard InChI is InChI=1S/C3H7ClN2O2/c4-1-2-8-3(7)6-5/h1-2,5H2,(H,6,7). The molecule has 8 heavy (non-hydrogen) atoms. The molecule has 0 aromatic carbocycles. The van der Waals surface area contributed by atoms with Gasteiger partial charge in [0.05, 0.1) is 5.88 Å². The molecule has 0 aliphatic carbocycles. The number of hydrogen-bond donors (Lipinski definition) is 2. The summed E-state index contributed by atoms with van der Waals surface area (Å²) >= 11 is 5.16. The summed E-state index contributed by atoms with van der Waals surface area (Å²) in [5.74, 6) is 4.93. The number of hydrazine groups is 1. The number of rotatable bonds is 2. The van der Waals surface area contributed by atoms with Crippen molar-refractivity contribution in [2.45, 2.75) is 0 Å².